The summed E-state index contributed by atoms with van der Waals surface area (Å²) in [5.41, 5.74) is 6.44. The molecule has 24 aliphatic rings. The number of hydrogen-bond donors (Lipinski definition) is 0. The fourth-order valence-corrected chi connectivity index (χ4v) is 35.4. The van der Waals surface area contributed by atoms with E-state index >= 15 is 0 Å². The van der Waals surface area contributed by atoms with E-state index in [1.54, 1.807) is 40.9 Å². The number of hydrogen-bond acceptors (Lipinski definition) is 8. The summed E-state index contributed by atoms with van der Waals surface area (Å²) in [6.45, 7) is 0. The monoisotopic (exact) mass is 1530 g/mol. The highest BCUT2D eigenvalue weighted by Gasteiger charge is 2.58. The zero-order chi connectivity index (χ0) is 76.3. The van der Waals surface area contributed by atoms with Crippen molar-refractivity contribution >= 4 is 50.3 Å². The minimum absolute atomic E-state index is 0.643. The molecule has 0 aromatic heterocycles. The highest BCUT2D eigenvalue weighted by atomic mass is 16.1. The van der Waals surface area contributed by atoms with Crippen molar-refractivity contribution in [3.63, 3.8) is 0 Å². The summed E-state index contributed by atoms with van der Waals surface area (Å²) < 4.78 is 0. The third kappa shape index (κ3) is 16.7. The summed E-state index contributed by atoms with van der Waals surface area (Å²) in [6, 6.07) is 0. The molecule has 0 saturated heterocycles. The van der Waals surface area contributed by atoms with Crippen LogP contribution in [-0.4, -0.2) is 50.3 Å². The molecule has 0 N–H and O–H groups in total. The Bertz CT molecular complexity index is 3380. The second kappa shape index (κ2) is 37.0. The van der Waals surface area contributed by atoms with Crippen LogP contribution in [0.3, 0.4) is 0 Å². The second-order valence-electron chi connectivity index (χ2n) is 43.3. The molecule has 16 bridgehead atoms. The van der Waals surface area contributed by atoms with E-state index in [1.807, 2.05) is 0 Å². The number of carbonyl (C=O) groups excluding carboxylic acids is 8. The summed E-state index contributed by atoms with van der Waals surface area (Å²) in [4.78, 5) is 82.7. The fraction of sp³-hybridized carbons (Fsp3) is 0.808. The summed E-state index contributed by atoms with van der Waals surface area (Å²) in [5, 5.41) is 0. The summed E-state index contributed by atoms with van der Waals surface area (Å²) in [5.74, 6) is 36.0. The average Bonchev–Trinajstić information content (AvgIpc) is 1.37. The van der Waals surface area contributed by atoms with Crippen LogP contribution in [0.25, 0.3) is 0 Å². The number of carbonyl (C=O) groups is 8. The van der Waals surface area contributed by atoms with E-state index in [9.17, 15) is 38.4 Å². The van der Waals surface area contributed by atoms with Crippen LogP contribution in [0.5, 0.6) is 0 Å². The third-order valence-electron chi connectivity index (χ3n) is 39.1. The molecule has 0 aliphatic heterocycles. The molecular weight excluding hydrogens is 1380 g/mol. The maximum Gasteiger partial charge on any atom is 0.142 e. The number of aldehydes is 8. The quantitative estimate of drug-likeness (QED) is 0.0668. The van der Waals surface area contributed by atoms with Crippen LogP contribution >= 0.6 is 0 Å². The van der Waals surface area contributed by atoms with Crippen molar-refractivity contribution in [1.29, 1.82) is 0 Å². The largest absolute Gasteiger partial charge is 0.303 e. The zero-order valence-electron chi connectivity index (χ0n) is 69.2. The van der Waals surface area contributed by atoms with Gasteiger partial charge in [0.1, 0.15) is 50.3 Å². The average molecular weight is 1530 g/mol. The van der Waals surface area contributed by atoms with Crippen LogP contribution in [-0.2, 0) is 38.4 Å². The van der Waals surface area contributed by atoms with E-state index in [0.29, 0.717) is 12.8 Å². The van der Waals surface area contributed by atoms with E-state index in [1.165, 1.54) is 250 Å². The predicted octanol–water partition coefficient (Wildman–Crippen LogP) is 23.5. The van der Waals surface area contributed by atoms with Crippen LogP contribution in [0.15, 0.2) is 70.9 Å². The molecule has 0 amide bonds. The fourth-order valence-electron chi connectivity index (χ4n) is 35.4. The molecule has 22 fully saturated rings. The third-order valence-corrected chi connectivity index (χ3v) is 39.1. The first-order chi connectivity index (χ1) is 55.1. The molecule has 24 rings (SSSR count). The van der Waals surface area contributed by atoms with E-state index in [2.05, 4.69) is 36.5 Å². The molecule has 112 heavy (non-hydrogen) atoms. The van der Waals surface area contributed by atoms with Crippen molar-refractivity contribution in [2.24, 2.45) is 213 Å². The maximum absolute atomic E-state index is 10.4. The Labute approximate surface area is 676 Å². The Morgan fingerprint density at radius 1 is 0.330 bits per heavy atom. The van der Waals surface area contributed by atoms with E-state index in [-0.39, 0.29) is 0 Å². The van der Waals surface area contributed by atoms with E-state index in [0.717, 1.165) is 302 Å². The minimum Gasteiger partial charge on any atom is -0.303 e. The highest BCUT2D eigenvalue weighted by molar-refractivity contribution is 5.65. The normalized spacial score (nSPS) is 47.7. The van der Waals surface area contributed by atoms with Gasteiger partial charge in [0.15, 0.2) is 0 Å². The standard InChI is InChI=1S/C13H20O.3C13H18O.C13H20O.3C13H18O/c4*14-7-1-2-9-5-6-12-10-3-4-11(8-10)13(9)12;4*14-5-1-2-9-6-12-10-3-4-11(8-10)13(12)7-9/h7,9-13H,1-6,8H2;5,7,10-13H,1-4,6,8H2;2,7,10-13H,1,3-6,8H2;1-2,7,9-13H,3-6,8H2;5,9-13H,1-4,6-8H2;5-6,10-13H,1-4,7-8H2;2,5,10-13H,1,3-4,6-8H2;1-2,5,9-13H,3-4,6-8H2/b;;9-2+;2-1+;;;;2-1+/t9?,10?,11?,12-,13+;2*10?,11?,12-,13+;2*9?,10?,11?,12-,13+;2*10?,11?,12-,13+;9?,10?,11?,12-,13+/m0000.1../s1. The van der Waals surface area contributed by atoms with Gasteiger partial charge >= 0.3 is 0 Å². The summed E-state index contributed by atoms with van der Waals surface area (Å²) >= 11 is 0. The van der Waals surface area contributed by atoms with Crippen LogP contribution in [0.2, 0.25) is 0 Å². The van der Waals surface area contributed by atoms with Crippen LogP contribution in [0, 0.1) is 213 Å². The number of rotatable bonds is 20. The van der Waals surface area contributed by atoms with Crippen molar-refractivity contribution in [2.45, 2.75) is 308 Å². The van der Waals surface area contributed by atoms with Gasteiger partial charge in [-0.25, -0.2) is 0 Å². The van der Waals surface area contributed by atoms with Gasteiger partial charge in [0, 0.05) is 38.5 Å². The molecule has 8 heteroatoms. The first-order valence-electron chi connectivity index (χ1n) is 48.7. The number of allylic oxidation sites excluding steroid dienone is 12. The topological polar surface area (TPSA) is 137 Å². The van der Waals surface area contributed by atoms with Crippen LogP contribution in [0.1, 0.15) is 308 Å². The summed E-state index contributed by atoms with van der Waals surface area (Å²) in [6.07, 6.45) is 89.5. The molecule has 612 valence electrons. The van der Waals surface area contributed by atoms with Gasteiger partial charge in [0.05, 0.1) is 0 Å². The molecule has 0 heterocycles. The van der Waals surface area contributed by atoms with E-state index < -0.39 is 0 Å². The lowest BCUT2D eigenvalue weighted by atomic mass is 9.77. The zero-order valence-corrected chi connectivity index (χ0v) is 69.2. The van der Waals surface area contributed by atoms with Gasteiger partial charge in [-0.3, -0.25) is 9.59 Å². The Hall–Kier alpha value is -4.20. The molecule has 0 aromatic carbocycles. The lowest BCUT2D eigenvalue weighted by molar-refractivity contribution is -0.108. The van der Waals surface area contributed by atoms with Crippen molar-refractivity contribution in [3.8, 4) is 0 Å². The highest BCUT2D eigenvalue weighted by Crippen LogP contribution is 2.67. The molecule has 36 atom stereocenters. The van der Waals surface area contributed by atoms with Gasteiger partial charge in [0.2, 0.25) is 0 Å². The van der Waals surface area contributed by atoms with Crippen molar-refractivity contribution < 1.29 is 38.4 Å². The first kappa shape index (κ1) is 80.2. The van der Waals surface area contributed by atoms with Crippen molar-refractivity contribution in [1.82, 2.24) is 0 Å². The molecule has 22 saturated carbocycles. The Balaban J connectivity index is 0.0000000929. The SMILES string of the molecule is O=C/C=C/C1CC[C@H]2C3CCC(C3)[C@@H]12.O=C/C=C/C1C[C@@H]2C3CCC(C3)[C@@H]2C1.O=CC/C=C1\CC[C@H]2C3CCC(C3)[C@@H]12.O=CCC=C1C[C@@H]2C3CCC(C3)[C@@H]2C1.O=CCCC1=CC[C@H]2C3CCC(C3)[C@@H]12.O=CCCC1=C[C@@H]2C3CCC(C3)[C@@H]2C1.O=CCCC1CC[C@H]2C3CCC(C3)[C@@H]12.O=CCCC1C[C@@H]2C3CCC(C3)[C@@H]2C1. The van der Waals surface area contributed by atoms with Crippen LogP contribution in [0.4, 0.5) is 0 Å². The maximum atomic E-state index is 10.4. The lowest BCUT2D eigenvalue weighted by Crippen LogP contribution is -2.22. The molecule has 0 spiro atoms. The molecule has 0 aromatic rings. The predicted molar refractivity (Wildman–Crippen MR) is 446 cm³/mol. The Morgan fingerprint density at radius 2 is 0.795 bits per heavy atom. The molecule has 8 nitrogen and oxygen atoms in total. The number of fused-ring (bicyclic) bond motifs is 40. The minimum atomic E-state index is 0.643. The smallest absolute Gasteiger partial charge is 0.142 e. The Morgan fingerprint density at radius 3 is 1.40 bits per heavy atom. The molecule has 24 aliphatic carbocycles. The van der Waals surface area contributed by atoms with Gasteiger partial charge in [0.25, 0.3) is 0 Å². The molecule has 20 unspecified atom stereocenters. The van der Waals surface area contributed by atoms with Gasteiger partial charge in [-0.2, -0.15) is 0 Å². The van der Waals surface area contributed by atoms with Gasteiger partial charge in [-0.15, -0.1) is 0 Å². The van der Waals surface area contributed by atoms with Crippen molar-refractivity contribution in [3.05, 3.63) is 70.9 Å². The van der Waals surface area contributed by atoms with E-state index in [4.69, 9.17) is 0 Å². The Kier molecular flexibility index (Phi) is 26.5. The molecule has 0 radical (unpaired) electrons. The summed E-state index contributed by atoms with van der Waals surface area (Å²) in [7, 11) is 0. The van der Waals surface area contributed by atoms with Crippen molar-refractivity contribution in [2.75, 3.05) is 0 Å². The van der Waals surface area contributed by atoms with Crippen LogP contribution < -0.4 is 0 Å². The molecular formula is C104H148O8. The van der Waals surface area contributed by atoms with Gasteiger partial charge in [-0.1, -0.05) is 58.7 Å². The van der Waals surface area contributed by atoms with Gasteiger partial charge < -0.3 is 28.8 Å². The van der Waals surface area contributed by atoms with Gasteiger partial charge in [-0.05, 0) is 495 Å². The second-order valence-corrected chi connectivity index (χ2v) is 43.3. The lowest BCUT2D eigenvalue weighted by Gasteiger charge is -2.28. The first-order valence-corrected chi connectivity index (χ1v) is 48.7.